The predicted octanol–water partition coefficient (Wildman–Crippen LogP) is 3.34. The predicted molar refractivity (Wildman–Crippen MR) is 69.6 cm³/mol. The molecule has 0 bridgehead atoms. The van der Waals surface area contributed by atoms with Gasteiger partial charge in [0.2, 0.25) is 0 Å². The smallest absolute Gasteiger partial charge is 0.127 e. The van der Waals surface area contributed by atoms with Crippen LogP contribution in [-0.4, -0.2) is 9.55 Å². The van der Waals surface area contributed by atoms with Crippen LogP contribution in [-0.2, 0) is 13.0 Å². The van der Waals surface area contributed by atoms with Crippen LogP contribution in [0.1, 0.15) is 64.4 Å². The van der Waals surface area contributed by atoms with E-state index in [9.17, 15) is 0 Å². The molecular formula is C13H25N3. The Labute approximate surface area is 99.1 Å². The first-order valence-electron chi connectivity index (χ1n) is 6.50. The molecule has 0 fully saturated rings. The van der Waals surface area contributed by atoms with Crippen molar-refractivity contribution in [2.45, 2.75) is 65.8 Å². The average molecular weight is 223 g/mol. The van der Waals surface area contributed by atoms with Crippen molar-refractivity contribution in [2.75, 3.05) is 5.73 Å². The van der Waals surface area contributed by atoms with Gasteiger partial charge in [-0.1, -0.05) is 27.2 Å². The van der Waals surface area contributed by atoms with Crippen LogP contribution in [0.25, 0.3) is 0 Å². The van der Waals surface area contributed by atoms with Crippen molar-refractivity contribution in [3.05, 3.63) is 11.5 Å². The van der Waals surface area contributed by atoms with Crippen molar-refractivity contribution in [3.63, 3.8) is 0 Å². The Hall–Kier alpha value is -0.990. The number of hydrogen-bond acceptors (Lipinski definition) is 2. The highest BCUT2D eigenvalue weighted by Crippen LogP contribution is 2.26. The van der Waals surface area contributed by atoms with Crippen molar-refractivity contribution in [1.82, 2.24) is 9.55 Å². The molecule has 16 heavy (non-hydrogen) atoms. The fourth-order valence-corrected chi connectivity index (χ4v) is 2.23. The summed E-state index contributed by atoms with van der Waals surface area (Å²) >= 11 is 0. The Morgan fingerprint density at radius 1 is 1.25 bits per heavy atom. The number of hydrogen-bond donors (Lipinski definition) is 1. The van der Waals surface area contributed by atoms with Gasteiger partial charge in [0.05, 0.1) is 5.69 Å². The molecule has 3 heteroatoms. The second kappa shape index (κ2) is 5.92. The lowest BCUT2D eigenvalue weighted by atomic mass is 10.0. The van der Waals surface area contributed by atoms with Crippen LogP contribution in [0.5, 0.6) is 0 Å². The molecule has 0 aliphatic heterocycles. The first kappa shape index (κ1) is 13.1. The van der Waals surface area contributed by atoms with Gasteiger partial charge in [-0.15, -0.1) is 0 Å². The number of nitrogen functional groups attached to an aromatic ring is 1. The van der Waals surface area contributed by atoms with E-state index in [-0.39, 0.29) is 0 Å². The number of aryl methyl sites for hydroxylation is 1. The Morgan fingerprint density at radius 2 is 1.94 bits per heavy atom. The minimum Gasteiger partial charge on any atom is -0.384 e. The molecule has 0 spiro atoms. The van der Waals surface area contributed by atoms with Gasteiger partial charge in [0.1, 0.15) is 11.6 Å². The number of rotatable bonds is 6. The number of aromatic nitrogens is 2. The summed E-state index contributed by atoms with van der Waals surface area (Å²) in [6.45, 7) is 9.66. The van der Waals surface area contributed by atoms with E-state index < -0.39 is 0 Å². The van der Waals surface area contributed by atoms with Crippen LogP contribution >= 0.6 is 0 Å². The van der Waals surface area contributed by atoms with E-state index in [0.29, 0.717) is 5.92 Å². The quantitative estimate of drug-likeness (QED) is 0.803. The Bertz CT molecular complexity index is 328. The van der Waals surface area contributed by atoms with Crippen LogP contribution in [0.4, 0.5) is 5.82 Å². The van der Waals surface area contributed by atoms with Gasteiger partial charge in [0.15, 0.2) is 0 Å². The fraction of sp³-hybridized carbons (Fsp3) is 0.769. The van der Waals surface area contributed by atoms with E-state index >= 15 is 0 Å². The zero-order valence-electron chi connectivity index (χ0n) is 11.1. The van der Waals surface area contributed by atoms with Crippen molar-refractivity contribution in [2.24, 2.45) is 0 Å². The summed E-state index contributed by atoms with van der Waals surface area (Å²) in [4.78, 5) is 4.73. The highest BCUT2D eigenvalue weighted by molar-refractivity contribution is 5.40. The lowest BCUT2D eigenvalue weighted by Gasteiger charge is -2.08. The highest BCUT2D eigenvalue weighted by atomic mass is 15.1. The third-order valence-corrected chi connectivity index (χ3v) is 3.09. The SMILES string of the molecule is CCCc1nc(C(C)CCC)c(N)n1CC. The summed E-state index contributed by atoms with van der Waals surface area (Å²) in [5.41, 5.74) is 7.28. The van der Waals surface area contributed by atoms with Gasteiger partial charge in [-0.25, -0.2) is 4.98 Å². The maximum atomic E-state index is 6.18. The van der Waals surface area contributed by atoms with Crippen LogP contribution in [0.3, 0.4) is 0 Å². The third kappa shape index (κ3) is 2.57. The Morgan fingerprint density at radius 3 is 2.44 bits per heavy atom. The number of imidazole rings is 1. The van der Waals surface area contributed by atoms with E-state index in [2.05, 4.69) is 32.3 Å². The molecule has 0 saturated heterocycles. The molecule has 92 valence electrons. The van der Waals surface area contributed by atoms with Gasteiger partial charge in [-0.2, -0.15) is 0 Å². The van der Waals surface area contributed by atoms with Crippen LogP contribution in [0.15, 0.2) is 0 Å². The normalized spacial score (nSPS) is 13.0. The first-order chi connectivity index (χ1) is 7.65. The molecule has 0 aliphatic carbocycles. The Balaban J connectivity index is 3.01. The molecule has 0 radical (unpaired) electrons. The minimum absolute atomic E-state index is 0.480. The van der Waals surface area contributed by atoms with Gasteiger partial charge < -0.3 is 10.3 Å². The molecule has 0 aromatic carbocycles. The zero-order chi connectivity index (χ0) is 12.1. The largest absolute Gasteiger partial charge is 0.384 e. The second-order valence-electron chi connectivity index (χ2n) is 4.48. The van der Waals surface area contributed by atoms with Gasteiger partial charge >= 0.3 is 0 Å². The van der Waals surface area contributed by atoms with E-state index in [1.807, 2.05) is 0 Å². The summed E-state index contributed by atoms with van der Waals surface area (Å²) in [6, 6.07) is 0. The zero-order valence-corrected chi connectivity index (χ0v) is 11.1. The van der Waals surface area contributed by atoms with Crippen molar-refractivity contribution in [1.29, 1.82) is 0 Å². The van der Waals surface area contributed by atoms with E-state index in [0.717, 1.165) is 43.1 Å². The summed E-state index contributed by atoms with van der Waals surface area (Å²) in [6.07, 6.45) is 4.49. The molecular weight excluding hydrogens is 198 g/mol. The van der Waals surface area contributed by atoms with Gasteiger partial charge in [0.25, 0.3) is 0 Å². The number of nitrogens with zero attached hydrogens (tertiary/aromatic N) is 2. The minimum atomic E-state index is 0.480. The molecule has 1 heterocycles. The lowest BCUT2D eigenvalue weighted by molar-refractivity contribution is 0.650. The average Bonchev–Trinajstić information content (AvgIpc) is 2.56. The monoisotopic (exact) mass is 223 g/mol. The van der Waals surface area contributed by atoms with Crippen LogP contribution < -0.4 is 5.73 Å². The van der Waals surface area contributed by atoms with E-state index in [1.54, 1.807) is 0 Å². The topological polar surface area (TPSA) is 43.8 Å². The summed E-state index contributed by atoms with van der Waals surface area (Å²) in [7, 11) is 0. The maximum absolute atomic E-state index is 6.18. The van der Waals surface area contributed by atoms with Crippen molar-refractivity contribution >= 4 is 5.82 Å². The van der Waals surface area contributed by atoms with Gasteiger partial charge in [-0.05, 0) is 19.8 Å². The molecule has 0 saturated carbocycles. The number of nitrogens with two attached hydrogens (primary N) is 1. The standard InChI is InChI=1S/C13H25N3/c1-5-8-10(4)12-13(14)16(7-3)11(15-12)9-6-2/h10H,5-9,14H2,1-4H3. The highest BCUT2D eigenvalue weighted by Gasteiger charge is 2.17. The molecule has 0 amide bonds. The van der Waals surface area contributed by atoms with Gasteiger partial charge in [-0.3, -0.25) is 0 Å². The van der Waals surface area contributed by atoms with Gasteiger partial charge in [0, 0.05) is 18.9 Å². The third-order valence-electron chi connectivity index (χ3n) is 3.09. The second-order valence-corrected chi connectivity index (χ2v) is 4.48. The van der Waals surface area contributed by atoms with Crippen LogP contribution in [0, 0.1) is 0 Å². The molecule has 1 aromatic heterocycles. The lowest BCUT2D eigenvalue weighted by Crippen LogP contribution is -2.06. The molecule has 1 rings (SSSR count). The molecule has 0 aliphatic rings. The number of anilines is 1. The maximum Gasteiger partial charge on any atom is 0.127 e. The summed E-state index contributed by atoms with van der Waals surface area (Å²) in [5.74, 6) is 2.51. The van der Waals surface area contributed by atoms with Crippen molar-refractivity contribution < 1.29 is 0 Å². The van der Waals surface area contributed by atoms with E-state index in [1.165, 1.54) is 6.42 Å². The molecule has 1 atom stereocenters. The molecule has 1 aromatic rings. The summed E-state index contributed by atoms with van der Waals surface area (Å²) in [5, 5.41) is 0. The van der Waals surface area contributed by atoms with Crippen LogP contribution in [0.2, 0.25) is 0 Å². The molecule has 3 nitrogen and oxygen atoms in total. The molecule has 2 N–H and O–H groups in total. The van der Waals surface area contributed by atoms with E-state index in [4.69, 9.17) is 10.7 Å². The van der Waals surface area contributed by atoms with Crippen molar-refractivity contribution in [3.8, 4) is 0 Å². The fourth-order valence-electron chi connectivity index (χ4n) is 2.23. The molecule has 1 unspecified atom stereocenters. The Kier molecular flexibility index (Phi) is 4.84. The summed E-state index contributed by atoms with van der Waals surface area (Å²) < 4.78 is 2.16. The first-order valence-corrected chi connectivity index (χ1v) is 6.50.